The zero-order valence-corrected chi connectivity index (χ0v) is 25.5. The molecule has 45 heavy (non-hydrogen) atoms. The SMILES string of the molecule is CC1CCC(C(C)C)C(OC(=O)N2c3c(nc(N)[nH]c3=O)NC[C@H]2CNc2ccc(C(=O)N[C@@H](CCC(=O)O)C(=O)O)cc2)C1. The van der Waals surface area contributed by atoms with Crippen LogP contribution in [0.15, 0.2) is 29.1 Å². The topological polar surface area (TPSA) is 229 Å². The van der Waals surface area contributed by atoms with Crippen LogP contribution >= 0.6 is 0 Å². The van der Waals surface area contributed by atoms with Gasteiger partial charge in [-0.3, -0.25) is 24.3 Å². The van der Waals surface area contributed by atoms with Crippen LogP contribution in [0.4, 0.5) is 27.9 Å². The lowest BCUT2D eigenvalue weighted by molar-refractivity contribution is -0.140. The number of rotatable bonds is 11. The molecule has 2 heterocycles. The van der Waals surface area contributed by atoms with Crippen molar-refractivity contribution in [2.45, 2.75) is 71.1 Å². The van der Waals surface area contributed by atoms with Gasteiger partial charge in [0.1, 0.15) is 12.1 Å². The molecule has 8 N–H and O–H groups in total. The van der Waals surface area contributed by atoms with Gasteiger partial charge < -0.3 is 36.6 Å². The number of nitrogens with zero attached hydrogens (tertiary/aromatic N) is 2. The van der Waals surface area contributed by atoms with Crippen molar-refractivity contribution >= 4 is 47.1 Å². The summed E-state index contributed by atoms with van der Waals surface area (Å²) in [6.07, 6.45) is 1.15. The zero-order valence-electron chi connectivity index (χ0n) is 25.5. The van der Waals surface area contributed by atoms with Crippen molar-refractivity contribution in [3.05, 3.63) is 40.2 Å². The first-order valence-electron chi connectivity index (χ1n) is 15.1. The lowest BCUT2D eigenvalue weighted by Gasteiger charge is -2.40. The largest absolute Gasteiger partial charge is 0.481 e. The maximum absolute atomic E-state index is 13.8. The number of amides is 2. The van der Waals surface area contributed by atoms with E-state index in [-0.39, 0.29) is 54.5 Å². The Morgan fingerprint density at radius 1 is 1.16 bits per heavy atom. The molecule has 3 unspecified atom stereocenters. The number of carboxylic acids is 2. The monoisotopic (exact) mass is 627 g/mol. The Bertz CT molecular complexity index is 1460. The number of anilines is 4. The number of carbonyl (C=O) groups is 4. The molecule has 2 aliphatic rings. The molecule has 0 spiro atoms. The number of aromatic amines is 1. The standard InChI is InChI=1S/C30H41N7O8/c1-15(2)20-9-4-16(3)12-22(20)45-30(44)37-19(14-33-25-24(37)27(41)36-29(31)35-25)13-32-18-7-5-17(6-8-18)26(40)34-21(28(42)43)10-11-23(38)39/h5-8,15-16,19-22,32H,4,9-14H2,1-3H3,(H,34,40)(H,38,39)(H,42,43)(H4,31,33,35,36,41)/t16?,19-,20?,21+,22?/m1/s1. The van der Waals surface area contributed by atoms with Gasteiger partial charge in [-0.25, -0.2) is 9.59 Å². The number of carboxylic acid groups (broad SMARTS) is 2. The van der Waals surface area contributed by atoms with E-state index >= 15 is 0 Å². The first-order chi connectivity index (χ1) is 21.3. The average Bonchev–Trinajstić information content (AvgIpc) is 2.97. The molecular weight excluding hydrogens is 586 g/mol. The number of fused-ring (bicyclic) bond motifs is 1. The van der Waals surface area contributed by atoms with Gasteiger partial charge in [-0.1, -0.05) is 27.2 Å². The molecule has 244 valence electrons. The number of carbonyl (C=O) groups excluding carboxylic acids is 2. The summed E-state index contributed by atoms with van der Waals surface area (Å²) in [6.45, 7) is 6.81. The molecule has 15 nitrogen and oxygen atoms in total. The van der Waals surface area contributed by atoms with Crippen LogP contribution in [0.5, 0.6) is 0 Å². The van der Waals surface area contributed by atoms with E-state index in [1.807, 2.05) is 0 Å². The number of aliphatic carboxylic acids is 2. The van der Waals surface area contributed by atoms with E-state index in [4.69, 9.17) is 15.6 Å². The Kier molecular flexibility index (Phi) is 10.5. The fraction of sp³-hybridized carbons (Fsp3) is 0.533. The highest BCUT2D eigenvalue weighted by Gasteiger charge is 2.39. The third kappa shape index (κ3) is 8.22. The molecule has 1 aromatic carbocycles. The van der Waals surface area contributed by atoms with Crippen LogP contribution < -0.4 is 32.1 Å². The van der Waals surface area contributed by atoms with E-state index in [2.05, 4.69) is 46.7 Å². The van der Waals surface area contributed by atoms with Gasteiger partial charge in [-0.2, -0.15) is 4.98 Å². The van der Waals surface area contributed by atoms with E-state index in [1.54, 1.807) is 12.1 Å². The average molecular weight is 628 g/mol. The summed E-state index contributed by atoms with van der Waals surface area (Å²) >= 11 is 0. The molecule has 0 saturated heterocycles. The van der Waals surface area contributed by atoms with Gasteiger partial charge >= 0.3 is 18.0 Å². The van der Waals surface area contributed by atoms with Crippen LogP contribution in [0.1, 0.15) is 63.2 Å². The highest BCUT2D eigenvalue weighted by atomic mass is 16.6. The minimum atomic E-state index is -1.35. The lowest BCUT2D eigenvalue weighted by atomic mass is 9.75. The summed E-state index contributed by atoms with van der Waals surface area (Å²) < 4.78 is 6.12. The van der Waals surface area contributed by atoms with Crippen LogP contribution in [0, 0.1) is 17.8 Å². The van der Waals surface area contributed by atoms with Crippen LogP contribution in [0.25, 0.3) is 0 Å². The molecule has 1 aliphatic carbocycles. The predicted octanol–water partition coefficient (Wildman–Crippen LogP) is 2.71. The second-order valence-electron chi connectivity index (χ2n) is 12.1. The van der Waals surface area contributed by atoms with E-state index in [0.29, 0.717) is 17.5 Å². The minimum Gasteiger partial charge on any atom is -0.481 e. The summed E-state index contributed by atoms with van der Waals surface area (Å²) in [5.41, 5.74) is 5.96. The number of hydrogen-bond acceptors (Lipinski definition) is 10. The second kappa shape index (κ2) is 14.3. The Morgan fingerprint density at radius 3 is 2.51 bits per heavy atom. The molecule has 1 saturated carbocycles. The minimum absolute atomic E-state index is 0.0140. The first kappa shape index (κ1) is 33.1. The van der Waals surface area contributed by atoms with Crippen molar-refractivity contribution < 1.29 is 34.1 Å². The van der Waals surface area contributed by atoms with Crippen LogP contribution in [-0.4, -0.2) is 75.4 Å². The Balaban J connectivity index is 1.48. The van der Waals surface area contributed by atoms with Crippen molar-refractivity contribution in [2.75, 3.05) is 34.4 Å². The van der Waals surface area contributed by atoms with Crippen molar-refractivity contribution in [2.24, 2.45) is 17.8 Å². The zero-order chi connectivity index (χ0) is 32.8. The van der Waals surface area contributed by atoms with Gasteiger partial charge in [0.25, 0.3) is 11.5 Å². The molecule has 2 aromatic rings. The summed E-state index contributed by atoms with van der Waals surface area (Å²) in [5, 5.41) is 26.8. The fourth-order valence-corrected chi connectivity index (χ4v) is 5.90. The molecule has 4 rings (SSSR count). The molecule has 15 heteroatoms. The Morgan fingerprint density at radius 2 is 1.87 bits per heavy atom. The number of hydrogen-bond donors (Lipinski definition) is 7. The summed E-state index contributed by atoms with van der Waals surface area (Å²) in [4.78, 5) is 69.7. The van der Waals surface area contributed by atoms with Crippen LogP contribution in [0.3, 0.4) is 0 Å². The first-order valence-corrected chi connectivity index (χ1v) is 15.1. The number of nitrogens with two attached hydrogens (primary N) is 1. The van der Waals surface area contributed by atoms with E-state index in [9.17, 15) is 29.1 Å². The number of nitrogen functional groups attached to an aromatic ring is 1. The van der Waals surface area contributed by atoms with Gasteiger partial charge in [0.2, 0.25) is 5.95 Å². The van der Waals surface area contributed by atoms with E-state index in [0.717, 1.165) is 19.3 Å². The van der Waals surface area contributed by atoms with Crippen molar-refractivity contribution in [1.29, 1.82) is 0 Å². The molecule has 0 radical (unpaired) electrons. The number of H-pyrrole nitrogens is 1. The third-order valence-electron chi connectivity index (χ3n) is 8.37. The number of ether oxygens (including phenoxy) is 1. The van der Waals surface area contributed by atoms with Gasteiger partial charge in [0, 0.05) is 30.8 Å². The van der Waals surface area contributed by atoms with Gasteiger partial charge in [-0.05, 0) is 61.3 Å². The number of aromatic nitrogens is 2. The Labute approximate surface area is 259 Å². The highest BCUT2D eigenvalue weighted by molar-refractivity contribution is 5.97. The quantitative estimate of drug-likeness (QED) is 0.191. The predicted molar refractivity (Wildman–Crippen MR) is 166 cm³/mol. The summed E-state index contributed by atoms with van der Waals surface area (Å²) in [5.74, 6) is -2.14. The molecule has 0 bridgehead atoms. The number of benzene rings is 1. The smallest absolute Gasteiger partial charge is 0.415 e. The maximum Gasteiger partial charge on any atom is 0.415 e. The molecule has 2 amide bonds. The fourth-order valence-electron chi connectivity index (χ4n) is 5.90. The molecule has 5 atom stereocenters. The maximum atomic E-state index is 13.8. The molecule has 1 fully saturated rings. The van der Waals surface area contributed by atoms with E-state index in [1.165, 1.54) is 17.0 Å². The van der Waals surface area contributed by atoms with Crippen molar-refractivity contribution in [3.8, 4) is 0 Å². The van der Waals surface area contributed by atoms with Gasteiger partial charge in [0.05, 0.1) is 6.04 Å². The molecular formula is C30H41N7O8. The molecule has 1 aliphatic heterocycles. The third-order valence-corrected chi connectivity index (χ3v) is 8.37. The van der Waals surface area contributed by atoms with Crippen LogP contribution in [-0.2, 0) is 14.3 Å². The van der Waals surface area contributed by atoms with Gasteiger partial charge in [-0.15, -0.1) is 0 Å². The van der Waals surface area contributed by atoms with Gasteiger partial charge in [0.15, 0.2) is 11.5 Å². The second-order valence-corrected chi connectivity index (χ2v) is 12.1. The normalized spacial score (nSPS) is 21.6. The summed E-state index contributed by atoms with van der Waals surface area (Å²) in [6, 6.07) is 4.29. The Hall–Kier alpha value is -4.82. The van der Waals surface area contributed by atoms with Crippen molar-refractivity contribution in [3.63, 3.8) is 0 Å². The highest BCUT2D eigenvalue weighted by Crippen LogP contribution is 2.36. The van der Waals surface area contributed by atoms with E-state index < -0.39 is 48.0 Å². The van der Waals surface area contributed by atoms with Crippen LogP contribution in [0.2, 0.25) is 0 Å². The summed E-state index contributed by atoms with van der Waals surface area (Å²) in [7, 11) is 0. The molecule has 1 aromatic heterocycles. The lowest BCUT2D eigenvalue weighted by Crippen LogP contribution is -2.54. The van der Waals surface area contributed by atoms with Crippen molar-refractivity contribution in [1.82, 2.24) is 15.3 Å². The number of nitrogens with one attached hydrogen (secondary N) is 4.